The van der Waals surface area contributed by atoms with E-state index >= 15 is 0 Å². The summed E-state index contributed by atoms with van der Waals surface area (Å²) < 4.78 is 27.6. The lowest BCUT2D eigenvalue weighted by Gasteiger charge is -2.07. The lowest BCUT2D eigenvalue weighted by atomic mass is 10.2. The van der Waals surface area contributed by atoms with Gasteiger partial charge in [-0.25, -0.2) is 8.42 Å². The Morgan fingerprint density at radius 3 is 2.73 bits per heavy atom. The summed E-state index contributed by atoms with van der Waals surface area (Å²) in [4.78, 5) is 0.805. The van der Waals surface area contributed by atoms with Gasteiger partial charge in [0.2, 0.25) is 0 Å². The van der Waals surface area contributed by atoms with E-state index in [0.29, 0.717) is 10.7 Å². The van der Waals surface area contributed by atoms with E-state index in [4.69, 9.17) is 11.6 Å². The van der Waals surface area contributed by atoms with Crippen molar-refractivity contribution < 1.29 is 8.42 Å². The van der Waals surface area contributed by atoms with Gasteiger partial charge in [-0.15, -0.1) is 11.3 Å². The maximum absolute atomic E-state index is 12.4. The molecule has 22 heavy (non-hydrogen) atoms. The average Bonchev–Trinajstić information content (AvgIpc) is 3.12. The lowest BCUT2D eigenvalue weighted by Crippen LogP contribution is -2.11. The van der Waals surface area contributed by atoms with E-state index in [0.717, 1.165) is 16.1 Å². The van der Waals surface area contributed by atoms with E-state index in [1.807, 2.05) is 6.92 Å². The molecule has 8 heteroatoms. The summed E-state index contributed by atoms with van der Waals surface area (Å²) in [5.74, 6) is 0. The fourth-order valence-electron chi connectivity index (χ4n) is 1.86. The first-order valence-corrected chi connectivity index (χ1v) is 9.02. The normalized spacial score (nSPS) is 11.5. The highest BCUT2D eigenvalue weighted by atomic mass is 35.5. The maximum Gasteiger partial charge on any atom is 0.271 e. The highest BCUT2D eigenvalue weighted by Crippen LogP contribution is 2.31. The van der Waals surface area contributed by atoms with Crippen LogP contribution in [-0.4, -0.2) is 18.6 Å². The number of H-pyrrole nitrogens is 1. The minimum absolute atomic E-state index is 0.230. The van der Waals surface area contributed by atoms with Gasteiger partial charge in [0.25, 0.3) is 10.0 Å². The molecular weight excluding hydrogens is 342 g/mol. The number of benzene rings is 1. The molecule has 0 aliphatic rings. The first-order valence-electron chi connectivity index (χ1n) is 6.34. The number of halogens is 1. The Morgan fingerprint density at radius 1 is 1.23 bits per heavy atom. The Hall–Kier alpha value is -1.83. The molecule has 0 atom stereocenters. The summed E-state index contributed by atoms with van der Waals surface area (Å²) in [6.45, 7) is 1.86. The smallest absolute Gasteiger partial charge is 0.271 e. The number of aromatic nitrogens is 2. The Bertz CT molecular complexity index is 902. The van der Waals surface area contributed by atoms with Gasteiger partial charge in [0.15, 0.2) is 0 Å². The number of anilines is 1. The predicted molar refractivity (Wildman–Crippen MR) is 88.9 cm³/mol. The van der Waals surface area contributed by atoms with Crippen LogP contribution >= 0.6 is 22.9 Å². The zero-order valence-electron chi connectivity index (χ0n) is 11.5. The van der Waals surface area contributed by atoms with Crippen molar-refractivity contribution in [3.63, 3.8) is 0 Å². The Labute approximate surface area is 137 Å². The SMILES string of the molecule is Cc1ccc(NS(=O)(=O)c2ccc(-c3ccn[nH]3)s2)cc1Cl. The molecular formula is C14H12ClN3O2S2. The van der Waals surface area contributed by atoms with Crippen molar-refractivity contribution in [3.05, 3.63) is 53.2 Å². The molecule has 0 radical (unpaired) electrons. The van der Waals surface area contributed by atoms with E-state index < -0.39 is 10.0 Å². The monoisotopic (exact) mass is 353 g/mol. The second kappa shape index (κ2) is 5.75. The molecule has 0 saturated heterocycles. The molecule has 0 fully saturated rings. The van der Waals surface area contributed by atoms with Crippen molar-refractivity contribution in [2.24, 2.45) is 0 Å². The highest BCUT2D eigenvalue weighted by Gasteiger charge is 2.18. The van der Waals surface area contributed by atoms with Crippen molar-refractivity contribution in [1.82, 2.24) is 10.2 Å². The molecule has 2 aromatic heterocycles. The third-order valence-corrected chi connectivity index (χ3v) is 6.44. The quantitative estimate of drug-likeness (QED) is 0.746. The fraction of sp³-hybridized carbons (Fsp3) is 0.0714. The van der Waals surface area contributed by atoms with E-state index in [9.17, 15) is 8.42 Å². The van der Waals surface area contributed by atoms with E-state index in [-0.39, 0.29) is 4.21 Å². The van der Waals surface area contributed by atoms with Gasteiger partial charge >= 0.3 is 0 Å². The Morgan fingerprint density at radius 2 is 2.05 bits per heavy atom. The summed E-state index contributed by atoms with van der Waals surface area (Å²) in [5, 5.41) is 7.19. The number of aryl methyl sites for hydroxylation is 1. The van der Waals surface area contributed by atoms with E-state index in [1.165, 1.54) is 11.3 Å². The van der Waals surface area contributed by atoms with Crippen molar-refractivity contribution in [1.29, 1.82) is 0 Å². The van der Waals surface area contributed by atoms with Gasteiger partial charge in [-0.05, 0) is 42.8 Å². The molecule has 114 valence electrons. The third-order valence-electron chi connectivity index (χ3n) is 3.04. The van der Waals surface area contributed by atoms with Gasteiger partial charge in [0.1, 0.15) is 4.21 Å². The first kappa shape index (κ1) is 15.1. The number of rotatable bonds is 4. The number of thiophene rings is 1. The summed E-state index contributed by atoms with van der Waals surface area (Å²) in [6.07, 6.45) is 1.62. The second-order valence-corrected chi connectivity index (χ2v) is 8.06. The molecule has 3 rings (SSSR count). The van der Waals surface area contributed by atoms with Crippen LogP contribution in [0, 0.1) is 6.92 Å². The van der Waals surface area contributed by atoms with Crippen molar-refractivity contribution in [3.8, 4) is 10.6 Å². The van der Waals surface area contributed by atoms with Gasteiger partial charge in [0, 0.05) is 11.2 Å². The van der Waals surface area contributed by atoms with E-state index in [1.54, 1.807) is 42.6 Å². The number of hydrogen-bond donors (Lipinski definition) is 2. The van der Waals surface area contributed by atoms with Crippen LogP contribution in [0.2, 0.25) is 5.02 Å². The zero-order valence-corrected chi connectivity index (χ0v) is 13.9. The van der Waals surface area contributed by atoms with Crippen LogP contribution in [0.25, 0.3) is 10.6 Å². The Kier molecular flexibility index (Phi) is 3.94. The molecule has 0 saturated carbocycles. The molecule has 0 spiro atoms. The van der Waals surface area contributed by atoms with Gasteiger partial charge in [-0.2, -0.15) is 5.10 Å². The average molecular weight is 354 g/mol. The van der Waals surface area contributed by atoms with Gasteiger partial charge < -0.3 is 0 Å². The molecule has 2 N–H and O–H groups in total. The minimum Gasteiger partial charge on any atom is -0.279 e. The van der Waals surface area contributed by atoms with Crippen LogP contribution in [0.4, 0.5) is 5.69 Å². The van der Waals surface area contributed by atoms with Crippen LogP contribution in [0.3, 0.4) is 0 Å². The van der Waals surface area contributed by atoms with Crippen LogP contribution in [0.15, 0.2) is 46.8 Å². The van der Waals surface area contributed by atoms with Crippen molar-refractivity contribution in [2.45, 2.75) is 11.1 Å². The van der Waals surface area contributed by atoms with Crippen LogP contribution in [0.1, 0.15) is 5.56 Å². The first-order chi connectivity index (χ1) is 10.5. The van der Waals surface area contributed by atoms with E-state index in [2.05, 4.69) is 14.9 Å². The number of hydrogen-bond acceptors (Lipinski definition) is 4. The standard InChI is InChI=1S/C14H12ClN3O2S2/c1-9-2-3-10(8-11(9)15)18-22(19,20)14-5-4-13(21-14)12-6-7-16-17-12/h2-8,18H,1H3,(H,16,17). The lowest BCUT2D eigenvalue weighted by molar-refractivity contribution is 0.603. The van der Waals surface area contributed by atoms with Gasteiger partial charge in [0.05, 0.1) is 16.3 Å². The number of nitrogens with one attached hydrogen (secondary N) is 2. The molecule has 1 aromatic carbocycles. The molecule has 0 amide bonds. The summed E-state index contributed by atoms with van der Waals surface area (Å²) in [7, 11) is -3.64. The summed E-state index contributed by atoms with van der Waals surface area (Å²) >= 11 is 7.19. The maximum atomic E-state index is 12.4. The molecule has 2 heterocycles. The largest absolute Gasteiger partial charge is 0.279 e. The van der Waals surface area contributed by atoms with Crippen LogP contribution < -0.4 is 4.72 Å². The molecule has 0 unspecified atom stereocenters. The number of nitrogens with zero attached hydrogens (tertiary/aromatic N) is 1. The summed E-state index contributed by atoms with van der Waals surface area (Å²) in [5.41, 5.74) is 2.11. The molecule has 5 nitrogen and oxygen atoms in total. The van der Waals surface area contributed by atoms with Gasteiger partial charge in [-0.3, -0.25) is 9.82 Å². The highest BCUT2D eigenvalue weighted by molar-refractivity contribution is 7.94. The van der Waals surface area contributed by atoms with Crippen LogP contribution in [-0.2, 0) is 10.0 Å². The fourth-order valence-corrected chi connectivity index (χ4v) is 4.38. The molecule has 0 aliphatic heterocycles. The number of aromatic amines is 1. The second-order valence-electron chi connectivity index (χ2n) is 4.66. The summed E-state index contributed by atoms with van der Waals surface area (Å²) in [6, 6.07) is 10.1. The topological polar surface area (TPSA) is 74.8 Å². The Balaban J connectivity index is 1.88. The van der Waals surface area contributed by atoms with Crippen molar-refractivity contribution >= 4 is 38.6 Å². The molecule has 0 aliphatic carbocycles. The molecule has 0 bridgehead atoms. The zero-order chi connectivity index (χ0) is 15.7. The predicted octanol–water partition coefficient (Wildman–Crippen LogP) is 3.90. The minimum atomic E-state index is -3.64. The molecule has 3 aromatic rings. The van der Waals surface area contributed by atoms with Crippen LogP contribution in [0.5, 0.6) is 0 Å². The third kappa shape index (κ3) is 3.01. The number of sulfonamides is 1. The van der Waals surface area contributed by atoms with Crippen molar-refractivity contribution in [2.75, 3.05) is 4.72 Å². The van der Waals surface area contributed by atoms with Gasteiger partial charge in [-0.1, -0.05) is 17.7 Å².